The first-order valence-electron chi connectivity index (χ1n) is 18.7. The number of hydrogen-bond donors (Lipinski definition) is 0. The maximum atomic E-state index is 5.62. The summed E-state index contributed by atoms with van der Waals surface area (Å²) in [5.74, 6) is 4.59. The van der Waals surface area contributed by atoms with Crippen LogP contribution in [0, 0.1) is 53.3 Å². The summed E-state index contributed by atoms with van der Waals surface area (Å²) in [6.45, 7) is 44.5. The van der Waals surface area contributed by atoms with E-state index in [0.29, 0.717) is 113 Å². The molecule has 0 aromatic rings. The van der Waals surface area contributed by atoms with Crippen LogP contribution >= 0.6 is 54.6 Å². The second-order valence-corrected chi connectivity index (χ2v) is 30.1. The Morgan fingerprint density at radius 2 is 0.346 bits per heavy atom. The maximum absolute atomic E-state index is 5.62. The fourth-order valence-electron chi connectivity index (χ4n) is 2.22. The molecule has 0 saturated heterocycles. The van der Waals surface area contributed by atoms with E-state index < -0.39 is 39.3 Å². The van der Waals surface area contributed by atoms with E-state index in [1.165, 1.54) is 0 Å². The molecule has 0 heterocycles. The summed E-state index contributed by atoms with van der Waals surface area (Å²) in [5.41, 5.74) is 0. The van der Waals surface area contributed by atoms with Crippen molar-refractivity contribution in [3.05, 3.63) is 0 Å². The van der Waals surface area contributed by atoms with Crippen LogP contribution in [-0.4, -0.2) is 59.5 Å². The van der Waals surface area contributed by atoms with Crippen LogP contribution in [0.2, 0.25) is 0 Å². The summed E-state index contributed by atoms with van der Waals surface area (Å²) in [6.07, 6.45) is 0. The normalized spacial score (nSPS) is 12.3. The van der Waals surface area contributed by atoms with Crippen LogP contribution < -0.4 is 0 Å². The minimum absolute atomic E-state index is 0.510. The van der Waals surface area contributed by atoms with Gasteiger partial charge in [0.05, 0.1) is 59.5 Å². The fraction of sp³-hybridized carbons (Fsp3) is 1.00. The summed E-state index contributed by atoms with van der Waals surface area (Å²) in [6, 6.07) is 0. The molecule has 0 aliphatic rings. The molecule has 0 aromatic carbocycles. The molecule has 324 valence electrons. The summed E-state index contributed by atoms with van der Waals surface area (Å²) in [7, 11) is 11.4. The van der Waals surface area contributed by atoms with Gasteiger partial charge in [0.1, 0.15) is 0 Å². The van der Waals surface area contributed by atoms with Crippen molar-refractivity contribution in [1.29, 1.82) is 0 Å². The molecule has 0 aromatic heterocycles. The Morgan fingerprint density at radius 1 is 0.269 bits per heavy atom. The molecule has 9 nitrogen and oxygen atoms in total. The third kappa shape index (κ3) is 61.7. The van der Waals surface area contributed by atoms with Crippen molar-refractivity contribution in [2.75, 3.05) is 59.5 Å². The molecule has 0 radical (unpaired) electrons. The van der Waals surface area contributed by atoms with Crippen LogP contribution in [0.15, 0.2) is 0 Å². The molecule has 0 spiro atoms. The minimum atomic E-state index is -1.92. The third-order valence-corrected chi connectivity index (χ3v) is 7.86. The standard InChI is InChI=1S/3C12H27O3P.3ClH.Ir/c3*1-10(2)7-13-16(14-8-11(3)4)15-9-12(5)6;;;;/h3*10-12H,7-9H2,1-6H3;3*1H;/q;;;;;;+3/p-3. The number of hydrogen-bond acceptors (Lipinski definition) is 9. The van der Waals surface area contributed by atoms with Gasteiger partial charge < -0.3 is 40.7 Å². The average molecular weight is 1050 g/mol. The van der Waals surface area contributed by atoms with Gasteiger partial charge in [0.15, 0.2) is 0 Å². The summed E-state index contributed by atoms with van der Waals surface area (Å²) < 4.78 is 50.6. The van der Waals surface area contributed by atoms with Crippen molar-refractivity contribution in [2.24, 2.45) is 53.3 Å². The Kier molecular flexibility index (Phi) is 48.9. The van der Waals surface area contributed by atoms with Gasteiger partial charge in [-0.15, -0.1) is 0 Å². The van der Waals surface area contributed by atoms with Crippen LogP contribution in [-0.2, 0) is 54.2 Å². The van der Waals surface area contributed by atoms with Crippen LogP contribution in [0.5, 0.6) is 0 Å². The fourth-order valence-corrected chi connectivity index (χ4v) is 6.67. The molecule has 0 rings (SSSR count). The molecule has 0 bridgehead atoms. The van der Waals surface area contributed by atoms with Gasteiger partial charge in [-0.1, -0.05) is 125 Å². The molecule has 0 unspecified atom stereocenters. The van der Waals surface area contributed by atoms with E-state index in [-0.39, 0.29) is 0 Å². The Morgan fingerprint density at radius 3 is 0.404 bits per heavy atom. The first-order valence-corrected chi connectivity index (χ1v) is 30.9. The molecule has 0 saturated carbocycles. The molecular weight excluding hydrogens is 968 g/mol. The SMILES string of the molecule is CC(C)COP(OCC(C)C)OCC(C)C.CC(C)COP(OCC(C)C)OCC(C)C.CC(C)COP(OCC(C)C)OCC(C)C.[Cl][Ir]([Cl])[Cl]. The van der Waals surface area contributed by atoms with Crippen molar-refractivity contribution < 1.29 is 54.2 Å². The van der Waals surface area contributed by atoms with Gasteiger partial charge in [0, 0.05) is 0 Å². The number of halogens is 3. The second-order valence-electron chi connectivity index (χ2n) is 16.0. The first kappa shape index (κ1) is 61.1. The Balaban J connectivity index is -0.000000315. The Hall–Kier alpha value is 2.45. The summed E-state index contributed by atoms with van der Waals surface area (Å²) in [4.78, 5) is 0. The van der Waals surface area contributed by atoms with Gasteiger partial charge in [-0.2, -0.15) is 0 Å². The van der Waals surface area contributed by atoms with E-state index in [2.05, 4.69) is 125 Å². The molecule has 0 N–H and O–H groups in total. The van der Waals surface area contributed by atoms with Gasteiger partial charge >= 0.3 is 68.0 Å². The van der Waals surface area contributed by atoms with Crippen LogP contribution in [0.4, 0.5) is 0 Å². The van der Waals surface area contributed by atoms with E-state index in [1.54, 1.807) is 0 Å². The van der Waals surface area contributed by atoms with Gasteiger partial charge in [-0.25, -0.2) is 0 Å². The zero-order chi connectivity index (χ0) is 41.2. The molecule has 0 atom stereocenters. The summed E-state index contributed by atoms with van der Waals surface area (Å²) in [5, 5.41) is 0. The second kappa shape index (κ2) is 41.6. The van der Waals surface area contributed by atoms with Crippen molar-refractivity contribution in [1.82, 2.24) is 0 Å². The topological polar surface area (TPSA) is 83.1 Å². The zero-order valence-electron chi connectivity index (χ0n) is 36.0. The van der Waals surface area contributed by atoms with Gasteiger partial charge in [0.25, 0.3) is 0 Å². The van der Waals surface area contributed by atoms with E-state index in [0.717, 1.165) is 0 Å². The Bertz CT molecular complexity index is 543. The van der Waals surface area contributed by atoms with E-state index in [9.17, 15) is 0 Å². The quantitative estimate of drug-likeness (QED) is 0.0747. The van der Waals surface area contributed by atoms with Crippen molar-refractivity contribution in [2.45, 2.75) is 125 Å². The first-order chi connectivity index (χ1) is 24.0. The third-order valence-electron chi connectivity index (χ3n) is 4.62. The summed E-state index contributed by atoms with van der Waals surface area (Å²) >= 11 is -1.92. The van der Waals surface area contributed by atoms with Gasteiger partial charge in [0.2, 0.25) is 0 Å². The number of rotatable bonds is 27. The monoisotopic (exact) mass is 1050 g/mol. The van der Waals surface area contributed by atoms with Crippen LogP contribution in [0.1, 0.15) is 125 Å². The predicted octanol–water partition coefficient (Wildman–Crippen LogP) is 14.8. The van der Waals surface area contributed by atoms with Crippen molar-refractivity contribution in [3.8, 4) is 0 Å². The molecule has 0 fully saturated rings. The van der Waals surface area contributed by atoms with Crippen molar-refractivity contribution >= 4 is 54.6 Å². The van der Waals surface area contributed by atoms with E-state index in [1.807, 2.05) is 0 Å². The average Bonchev–Trinajstić information content (AvgIpc) is 2.99. The van der Waals surface area contributed by atoms with Gasteiger partial charge in [-0.3, -0.25) is 0 Å². The molecule has 52 heavy (non-hydrogen) atoms. The molecule has 0 amide bonds. The predicted molar refractivity (Wildman–Crippen MR) is 225 cm³/mol. The Labute approximate surface area is 344 Å². The molecule has 0 aliphatic carbocycles. The van der Waals surface area contributed by atoms with Crippen LogP contribution in [0.3, 0.4) is 0 Å². The molecule has 0 aliphatic heterocycles. The molecular formula is C36H81Cl3IrO9P3. The molecule has 16 heteroatoms. The zero-order valence-corrected chi connectivity index (χ0v) is 43.4. The van der Waals surface area contributed by atoms with Gasteiger partial charge in [-0.05, 0) is 53.3 Å². The van der Waals surface area contributed by atoms with Crippen LogP contribution in [0.25, 0.3) is 0 Å². The van der Waals surface area contributed by atoms with E-state index in [4.69, 9.17) is 69.5 Å². The van der Waals surface area contributed by atoms with Crippen molar-refractivity contribution in [3.63, 3.8) is 0 Å². The van der Waals surface area contributed by atoms with E-state index >= 15 is 0 Å².